The minimum Gasteiger partial charge on any atom is -0.311 e. The van der Waals surface area contributed by atoms with Crippen molar-refractivity contribution < 1.29 is 0 Å². The number of rotatable bonds is 10. The van der Waals surface area contributed by atoms with Gasteiger partial charge in [0.25, 0.3) is 0 Å². The second kappa shape index (κ2) is 19.1. The lowest BCUT2D eigenvalue weighted by atomic mass is 9.94. The van der Waals surface area contributed by atoms with Gasteiger partial charge in [0.2, 0.25) is 0 Å². The third-order valence-electron chi connectivity index (χ3n) is 15.2. The number of fused-ring (bicyclic) bond motifs is 5. The van der Waals surface area contributed by atoms with Gasteiger partial charge in [0.05, 0.1) is 11.0 Å². The molecule has 0 N–H and O–H groups in total. The molecule has 2 nitrogen and oxygen atoms in total. The Kier molecular flexibility index (Phi) is 11.2. The Hall–Kier alpha value is -10.0. The standard InChI is InChI=1S/C74H50N2/c1-3-24-67-55(14-1)16-12-28-69(67)61-22-10-19-58(49-61)54-38-44-65(45-39-54)75(63-40-32-51(33-41-63)52-34-46-66(47-35-52)76-73-30-7-5-26-71(73)72-27-6-8-31-74(72)76)64-42-36-53(37-43-64)57-18-9-20-59(48-57)60-21-11-23-62(50-60)70-29-13-17-56-15-2-4-25-68(56)70/h1-50H. The third kappa shape index (κ3) is 8.19. The number of para-hydroxylation sites is 2. The number of nitrogens with zero attached hydrogens (tertiary/aromatic N) is 2. The molecule has 76 heavy (non-hydrogen) atoms. The second-order valence-electron chi connectivity index (χ2n) is 19.7. The van der Waals surface area contributed by atoms with Crippen LogP contribution < -0.4 is 4.90 Å². The van der Waals surface area contributed by atoms with Crippen molar-refractivity contribution in [2.24, 2.45) is 0 Å². The van der Waals surface area contributed by atoms with Crippen LogP contribution in [0.25, 0.3) is 116 Å². The molecular formula is C74H50N2. The van der Waals surface area contributed by atoms with E-state index in [1.807, 2.05) is 0 Å². The molecule has 0 aliphatic rings. The quantitative estimate of drug-likeness (QED) is 0.133. The van der Waals surface area contributed by atoms with E-state index in [2.05, 4.69) is 313 Å². The highest BCUT2D eigenvalue weighted by atomic mass is 15.1. The van der Waals surface area contributed by atoms with Gasteiger partial charge < -0.3 is 9.47 Å². The lowest BCUT2D eigenvalue weighted by molar-refractivity contribution is 1.18. The third-order valence-corrected chi connectivity index (χ3v) is 15.2. The first-order valence-corrected chi connectivity index (χ1v) is 26.1. The number of aromatic nitrogens is 1. The molecule has 0 atom stereocenters. The largest absolute Gasteiger partial charge is 0.311 e. The Morgan fingerprint density at radius 3 is 0.947 bits per heavy atom. The molecule has 356 valence electrons. The Morgan fingerprint density at radius 2 is 0.513 bits per heavy atom. The fourth-order valence-corrected chi connectivity index (χ4v) is 11.4. The molecule has 2 heteroatoms. The predicted molar refractivity (Wildman–Crippen MR) is 323 cm³/mol. The predicted octanol–water partition coefficient (Wildman–Crippen LogP) is 20.6. The highest BCUT2D eigenvalue weighted by Gasteiger charge is 2.17. The van der Waals surface area contributed by atoms with Gasteiger partial charge in [-0.25, -0.2) is 0 Å². The van der Waals surface area contributed by atoms with Crippen molar-refractivity contribution in [3.8, 4) is 72.4 Å². The first kappa shape index (κ1) is 44.7. The molecule has 1 aromatic heterocycles. The maximum absolute atomic E-state index is 2.37. The van der Waals surface area contributed by atoms with Gasteiger partial charge in [-0.05, 0) is 167 Å². The number of hydrogen-bond donors (Lipinski definition) is 0. The van der Waals surface area contributed by atoms with E-state index < -0.39 is 0 Å². The SMILES string of the molecule is c1cc(-c2ccc(N(c3ccc(-c4ccc(-n5c6ccccc6c6ccccc65)cc4)cc3)c3ccc(-c4cccc(-c5cccc6ccccc56)c4)cc3)cc2)cc(-c2cccc(-c3cccc4ccccc34)c2)c1. The van der Waals surface area contributed by atoms with Crippen LogP contribution in [0.3, 0.4) is 0 Å². The number of anilines is 3. The van der Waals surface area contributed by atoms with Crippen LogP contribution in [-0.2, 0) is 0 Å². The summed E-state index contributed by atoms with van der Waals surface area (Å²) in [7, 11) is 0. The van der Waals surface area contributed by atoms with E-state index >= 15 is 0 Å². The topological polar surface area (TPSA) is 8.17 Å². The highest BCUT2D eigenvalue weighted by molar-refractivity contribution is 6.09. The summed E-state index contributed by atoms with van der Waals surface area (Å²) in [6, 6.07) is 111. The fourth-order valence-electron chi connectivity index (χ4n) is 11.4. The summed E-state index contributed by atoms with van der Waals surface area (Å²) in [5.41, 5.74) is 21.1. The van der Waals surface area contributed by atoms with Gasteiger partial charge >= 0.3 is 0 Å². The van der Waals surface area contributed by atoms with Crippen LogP contribution in [-0.4, -0.2) is 4.57 Å². The Bertz CT molecular complexity index is 4370. The summed E-state index contributed by atoms with van der Waals surface area (Å²) in [5.74, 6) is 0. The fraction of sp³-hybridized carbons (Fsp3) is 0. The van der Waals surface area contributed by atoms with E-state index in [4.69, 9.17) is 0 Å². The van der Waals surface area contributed by atoms with Gasteiger partial charge in [-0.1, -0.05) is 224 Å². The highest BCUT2D eigenvalue weighted by Crippen LogP contribution is 2.40. The van der Waals surface area contributed by atoms with Crippen molar-refractivity contribution in [3.05, 3.63) is 303 Å². The summed E-state index contributed by atoms with van der Waals surface area (Å²) in [4.78, 5) is 2.37. The zero-order valence-corrected chi connectivity index (χ0v) is 41.8. The maximum atomic E-state index is 2.37. The first-order chi connectivity index (χ1) is 37.7. The normalized spacial score (nSPS) is 11.4. The summed E-state index contributed by atoms with van der Waals surface area (Å²) < 4.78 is 2.37. The first-order valence-electron chi connectivity index (χ1n) is 26.1. The van der Waals surface area contributed by atoms with Gasteiger partial charge in [0.1, 0.15) is 0 Å². The maximum Gasteiger partial charge on any atom is 0.0541 e. The van der Waals surface area contributed by atoms with Gasteiger partial charge in [-0.3, -0.25) is 0 Å². The molecule has 0 fully saturated rings. The van der Waals surface area contributed by atoms with Crippen molar-refractivity contribution in [2.75, 3.05) is 4.90 Å². The van der Waals surface area contributed by atoms with Crippen LogP contribution in [0.5, 0.6) is 0 Å². The van der Waals surface area contributed by atoms with Gasteiger partial charge in [0.15, 0.2) is 0 Å². The van der Waals surface area contributed by atoms with Crippen molar-refractivity contribution in [3.63, 3.8) is 0 Å². The summed E-state index contributed by atoms with van der Waals surface area (Å²) in [5, 5.41) is 7.55. The molecule has 0 aliphatic carbocycles. The zero-order chi connectivity index (χ0) is 50.4. The minimum absolute atomic E-state index is 1.08. The summed E-state index contributed by atoms with van der Waals surface area (Å²) in [6.45, 7) is 0. The molecule has 1 heterocycles. The molecule has 14 aromatic rings. The lowest BCUT2D eigenvalue weighted by Crippen LogP contribution is -2.09. The van der Waals surface area contributed by atoms with Crippen LogP contribution in [0.1, 0.15) is 0 Å². The minimum atomic E-state index is 1.08. The average molecular weight is 967 g/mol. The van der Waals surface area contributed by atoms with E-state index in [0.717, 1.165) is 33.9 Å². The van der Waals surface area contributed by atoms with Gasteiger partial charge in [0, 0.05) is 33.5 Å². The van der Waals surface area contributed by atoms with E-state index in [1.54, 1.807) is 0 Å². The molecule has 0 unspecified atom stereocenters. The lowest BCUT2D eigenvalue weighted by Gasteiger charge is -2.26. The Labute approximate surface area is 443 Å². The average Bonchev–Trinajstić information content (AvgIpc) is 3.86. The second-order valence-corrected chi connectivity index (χ2v) is 19.7. The summed E-state index contributed by atoms with van der Waals surface area (Å²) >= 11 is 0. The van der Waals surface area contributed by atoms with Crippen molar-refractivity contribution in [1.29, 1.82) is 0 Å². The van der Waals surface area contributed by atoms with E-state index in [1.165, 1.54) is 99.0 Å². The molecule has 0 amide bonds. The van der Waals surface area contributed by atoms with Crippen LogP contribution in [0.2, 0.25) is 0 Å². The van der Waals surface area contributed by atoms with E-state index in [0.29, 0.717) is 0 Å². The Balaban J connectivity index is 0.792. The molecule has 0 saturated carbocycles. The van der Waals surface area contributed by atoms with Crippen LogP contribution in [0, 0.1) is 0 Å². The monoisotopic (exact) mass is 966 g/mol. The van der Waals surface area contributed by atoms with Crippen molar-refractivity contribution >= 4 is 60.4 Å². The molecule has 13 aromatic carbocycles. The molecular weight excluding hydrogens is 917 g/mol. The van der Waals surface area contributed by atoms with Crippen molar-refractivity contribution in [2.45, 2.75) is 0 Å². The molecule has 0 bridgehead atoms. The molecule has 0 aliphatic heterocycles. The van der Waals surface area contributed by atoms with Gasteiger partial charge in [-0.15, -0.1) is 0 Å². The molecule has 0 spiro atoms. The molecule has 14 rings (SSSR count). The molecule has 0 saturated heterocycles. The van der Waals surface area contributed by atoms with Crippen LogP contribution in [0.4, 0.5) is 17.1 Å². The van der Waals surface area contributed by atoms with Gasteiger partial charge in [-0.2, -0.15) is 0 Å². The molecule has 0 radical (unpaired) electrons. The Morgan fingerprint density at radius 1 is 0.211 bits per heavy atom. The van der Waals surface area contributed by atoms with E-state index in [9.17, 15) is 0 Å². The smallest absolute Gasteiger partial charge is 0.0541 e. The zero-order valence-electron chi connectivity index (χ0n) is 41.8. The van der Waals surface area contributed by atoms with Crippen molar-refractivity contribution in [1.82, 2.24) is 4.57 Å². The van der Waals surface area contributed by atoms with Crippen LogP contribution >= 0.6 is 0 Å². The summed E-state index contributed by atoms with van der Waals surface area (Å²) in [6.07, 6.45) is 0. The van der Waals surface area contributed by atoms with Crippen LogP contribution in [0.15, 0.2) is 303 Å². The number of hydrogen-bond acceptors (Lipinski definition) is 1. The number of benzene rings is 13. The van der Waals surface area contributed by atoms with E-state index in [-0.39, 0.29) is 0 Å².